The van der Waals surface area contributed by atoms with Crippen molar-refractivity contribution in [3.63, 3.8) is 0 Å². The van der Waals surface area contributed by atoms with E-state index in [1.165, 1.54) is 11.0 Å². The minimum Gasteiger partial charge on any atom is -0.497 e. The van der Waals surface area contributed by atoms with Gasteiger partial charge >= 0.3 is 0 Å². The molecule has 1 unspecified atom stereocenters. The van der Waals surface area contributed by atoms with Gasteiger partial charge in [0.25, 0.3) is 0 Å². The topological polar surface area (TPSA) is 58.6 Å². The maximum atomic E-state index is 14.1. The zero-order valence-corrected chi connectivity index (χ0v) is 17.4. The van der Waals surface area contributed by atoms with Gasteiger partial charge in [0.15, 0.2) is 0 Å². The highest BCUT2D eigenvalue weighted by atomic mass is 19.1. The highest BCUT2D eigenvalue weighted by molar-refractivity contribution is 5.88. The van der Waals surface area contributed by atoms with E-state index in [4.69, 9.17) is 4.74 Å². The minimum atomic E-state index is -0.640. The molecule has 0 bridgehead atoms. The molecule has 2 rings (SSSR count). The van der Waals surface area contributed by atoms with Gasteiger partial charge in [-0.25, -0.2) is 4.39 Å². The molecule has 0 radical (unpaired) electrons. The van der Waals surface area contributed by atoms with Crippen molar-refractivity contribution < 1.29 is 18.7 Å². The van der Waals surface area contributed by atoms with E-state index in [-0.39, 0.29) is 30.8 Å². The number of hydrogen-bond donors (Lipinski definition) is 1. The number of rotatable bonds is 9. The van der Waals surface area contributed by atoms with E-state index < -0.39 is 11.9 Å². The molecule has 156 valence electrons. The Morgan fingerprint density at radius 2 is 1.76 bits per heavy atom. The smallest absolute Gasteiger partial charge is 0.243 e. The Kier molecular flexibility index (Phi) is 8.19. The molecule has 2 aromatic rings. The number of carbonyl (C=O) groups is 2. The molecule has 0 aliphatic rings. The van der Waals surface area contributed by atoms with Crippen molar-refractivity contribution in [2.45, 2.75) is 52.2 Å². The molecule has 0 saturated heterocycles. The summed E-state index contributed by atoms with van der Waals surface area (Å²) in [6.45, 7) is 5.86. The Balaban J connectivity index is 2.30. The van der Waals surface area contributed by atoms with E-state index in [2.05, 4.69) is 5.32 Å². The van der Waals surface area contributed by atoms with Crippen molar-refractivity contribution in [2.75, 3.05) is 7.11 Å². The van der Waals surface area contributed by atoms with Crippen LogP contribution in [0.1, 0.15) is 38.3 Å². The summed E-state index contributed by atoms with van der Waals surface area (Å²) in [7, 11) is 1.59. The highest BCUT2D eigenvalue weighted by Crippen LogP contribution is 2.18. The largest absolute Gasteiger partial charge is 0.497 e. The van der Waals surface area contributed by atoms with Crippen LogP contribution < -0.4 is 10.1 Å². The van der Waals surface area contributed by atoms with Crippen molar-refractivity contribution in [1.82, 2.24) is 10.2 Å². The molecule has 0 aliphatic carbocycles. The number of amides is 2. The zero-order chi connectivity index (χ0) is 21.4. The Morgan fingerprint density at radius 3 is 2.31 bits per heavy atom. The van der Waals surface area contributed by atoms with Crippen molar-refractivity contribution in [1.29, 1.82) is 0 Å². The molecule has 2 amide bonds. The predicted molar refractivity (Wildman–Crippen MR) is 111 cm³/mol. The molecular formula is C23H29FN2O3. The summed E-state index contributed by atoms with van der Waals surface area (Å²) in [5.41, 5.74) is 1.18. The second kappa shape index (κ2) is 10.6. The molecule has 0 fully saturated rings. The second-order valence-electron chi connectivity index (χ2n) is 7.23. The first-order chi connectivity index (χ1) is 13.8. The van der Waals surface area contributed by atoms with Gasteiger partial charge in [-0.2, -0.15) is 0 Å². The van der Waals surface area contributed by atoms with Gasteiger partial charge in [-0.05, 0) is 49.6 Å². The van der Waals surface area contributed by atoms with Gasteiger partial charge in [-0.1, -0.05) is 37.3 Å². The van der Waals surface area contributed by atoms with E-state index in [9.17, 15) is 14.0 Å². The zero-order valence-electron chi connectivity index (χ0n) is 17.4. The number of nitrogens with one attached hydrogen (secondary N) is 1. The van der Waals surface area contributed by atoms with Crippen LogP contribution in [-0.4, -0.2) is 35.9 Å². The lowest BCUT2D eigenvalue weighted by atomic mass is 10.1. The van der Waals surface area contributed by atoms with Gasteiger partial charge in [0.05, 0.1) is 13.5 Å². The van der Waals surface area contributed by atoms with Crippen LogP contribution in [0.25, 0.3) is 0 Å². The normalized spacial score (nSPS) is 11.8. The summed E-state index contributed by atoms with van der Waals surface area (Å²) in [6.07, 6.45) is 0.353. The van der Waals surface area contributed by atoms with Crippen LogP contribution in [0.15, 0.2) is 48.5 Å². The first-order valence-corrected chi connectivity index (χ1v) is 9.81. The molecule has 0 aliphatic heterocycles. The summed E-state index contributed by atoms with van der Waals surface area (Å²) < 4.78 is 19.3. The number of hydrogen-bond acceptors (Lipinski definition) is 3. The van der Waals surface area contributed by atoms with E-state index in [1.54, 1.807) is 25.3 Å². The third-order valence-electron chi connectivity index (χ3n) is 4.63. The molecule has 1 atom stereocenters. The number of ether oxygens (including phenoxy) is 1. The summed E-state index contributed by atoms with van der Waals surface area (Å²) in [5, 5.41) is 2.88. The fourth-order valence-corrected chi connectivity index (χ4v) is 3.13. The number of carbonyl (C=O) groups excluding carboxylic acids is 2. The van der Waals surface area contributed by atoms with Gasteiger partial charge < -0.3 is 15.0 Å². The first-order valence-electron chi connectivity index (χ1n) is 9.81. The van der Waals surface area contributed by atoms with Gasteiger partial charge in [-0.3, -0.25) is 9.59 Å². The molecule has 29 heavy (non-hydrogen) atoms. The molecular weight excluding hydrogens is 371 g/mol. The Labute approximate surface area is 171 Å². The molecule has 0 saturated carbocycles. The summed E-state index contributed by atoms with van der Waals surface area (Å²) >= 11 is 0. The fraction of sp³-hybridized carbons (Fsp3) is 0.391. The van der Waals surface area contributed by atoms with Crippen LogP contribution in [0.4, 0.5) is 4.39 Å². The van der Waals surface area contributed by atoms with Crippen LogP contribution in [-0.2, 0) is 22.6 Å². The number of halogens is 1. The minimum absolute atomic E-state index is 0.0407. The van der Waals surface area contributed by atoms with Crippen LogP contribution >= 0.6 is 0 Å². The second-order valence-corrected chi connectivity index (χ2v) is 7.23. The van der Waals surface area contributed by atoms with E-state index in [0.717, 1.165) is 5.56 Å². The monoisotopic (exact) mass is 400 g/mol. The molecule has 5 nitrogen and oxygen atoms in total. The maximum Gasteiger partial charge on any atom is 0.243 e. The van der Waals surface area contributed by atoms with Crippen LogP contribution in [0, 0.1) is 5.82 Å². The van der Waals surface area contributed by atoms with Crippen LogP contribution in [0.2, 0.25) is 0 Å². The Morgan fingerprint density at radius 1 is 1.10 bits per heavy atom. The Hall–Kier alpha value is -2.89. The Bertz CT molecular complexity index is 821. The molecule has 6 heteroatoms. The SMILES string of the molecule is CCC(C(=O)NC(C)C)N(Cc1ccc(OC)cc1)C(=O)Cc1ccccc1F. The predicted octanol–water partition coefficient (Wildman–Crippen LogP) is 3.71. The van der Waals surface area contributed by atoms with Crippen LogP contribution in [0.3, 0.4) is 0 Å². The maximum absolute atomic E-state index is 14.1. The van der Waals surface area contributed by atoms with Gasteiger partial charge in [-0.15, -0.1) is 0 Å². The van der Waals surface area contributed by atoms with Crippen molar-refractivity contribution in [3.8, 4) is 5.75 Å². The molecule has 0 heterocycles. The third kappa shape index (κ3) is 6.31. The van der Waals surface area contributed by atoms with Gasteiger partial charge in [0.2, 0.25) is 11.8 Å². The van der Waals surface area contributed by atoms with Crippen molar-refractivity contribution in [3.05, 3.63) is 65.5 Å². The highest BCUT2D eigenvalue weighted by Gasteiger charge is 2.29. The number of nitrogens with zero attached hydrogens (tertiary/aromatic N) is 1. The third-order valence-corrected chi connectivity index (χ3v) is 4.63. The van der Waals surface area contributed by atoms with Gasteiger partial charge in [0, 0.05) is 12.6 Å². The van der Waals surface area contributed by atoms with E-state index in [1.807, 2.05) is 45.0 Å². The standard InChI is InChI=1S/C23H29FN2O3/c1-5-21(23(28)25-16(2)3)26(15-17-10-12-19(29-4)13-11-17)22(27)14-18-8-6-7-9-20(18)24/h6-13,16,21H,5,14-15H2,1-4H3,(H,25,28). The lowest BCUT2D eigenvalue weighted by Crippen LogP contribution is -2.50. The first kappa shape index (κ1) is 22.4. The van der Waals surface area contributed by atoms with Crippen molar-refractivity contribution >= 4 is 11.8 Å². The molecule has 0 aromatic heterocycles. The van der Waals surface area contributed by atoms with E-state index >= 15 is 0 Å². The average Bonchev–Trinajstić information content (AvgIpc) is 2.69. The quantitative estimate of drug-likeness (QED) is 0.698. The lowest BCUT2D eigenvalue weighted by Gasteiger charge is -2.31. The van der Waals surface area contributed by atoms with Crippen molar-refractivity contribution in [2.24, 2.45) is 0 Å². The van der Waals surface area contributed by atoms with Crippen LogP contribution in [0.5, 0.6) is 5.75 Å². The molecule has 1 N–H and O–H groups in total. The van der Waals surface area contributed by atoms with Gasteiger partial charge in [0.1, 0.15) is 17.6 Å². The number of benzene rings is 2. The summed E-state index contributed by atoms with van der Waals surface area (Å²) in [4.78, 5) is 27.4. The molecule has 2 aromatic carbocycles. The summed E-state index contributed by atoms with van der Waals surface area (Å²) in [5.74, 6) is -0.220. The molecule has 0 spiro atoms. The fourth-order valence-electron chi connectivity index (χ4n) is 3.13. The number of methoxy groups -OCH3 is 1. The lowest BCUT2D eigenvalue weighted by molar-refractivity contribution is -0.141. The van der Waals surface area contributed by atoms with E-state index in [0.29, 0.717) is 17.7 Å². The average molecular weight is 400 g/mol. The summed E-state index contributed by atoms with van der Waals surface area (Å²) in [6, 6.07) is 12.9.